The van der Waals surface area contributed by atoms with Crippen LogP contribution in [0.25, 0.3) is 0 Å². The van der Waals surface area contributed by atoms with Gasteiger partial charge in [-0.15, -0.1) is 0 Å². The average Bonchev–Trinajstić information content (AvgIpc) is 2.37. The summed E-state index contributed by atoms with van der Waals surface area (Å²) in [4.78, 5) is 22.6. The van der Waals surface area contributed by atoms with Crippen molar-refractivity contribution in [1.29, 1.82) is 0 Å². The molecule has 0 aromatic heterocycles. The predicted molar refractivity (Wildman–Crippen MR) is 66.9 cm³/mol. The van der Waals surface area contributed by atoms with E-state index in [1.165, 1.54) is 23.5 Å². The van der Waals surface area contributed by atoms with E-state index < -0.39 is 23.7 Å². The Kier molecular flexibility index (Phi) is 6.61. The molecule has 0 bridgehead atoms. The minimum absolute atomic E-state index is 0.0498. The van der Waals surface area contributed by atoms with E-state index >= 15 is 0 Å². The van der Waals surface area contributed by atoms with Crippen molar-refractivity contribution in [2.24, 2.45) is 0 Å². The molecule has 0 aliphatic carbocycles. The molecule has 1 atom stereocenters. The fourth-order valence-corrected chi connectivity index (χ4v) is 1.65. The maximum atomic E-state index is 12.9. The van der Waals surface area contributed by atoms with Gasteiger partial charge in [-0.2, -0.15) is 0 Å². The number of amides is 1. The van der Waals surface area contributed by atoms with Crippen LogP contribution in [0.1, 0.15) is 12.8 Å². The van der Waals surface area contributed by atoms with E-state index in [0.29, 0.717) is 13.0 Å². The largest absolute Gasteiger partial charge is 0.544 e. The molecule has 0 saturated carbocycles. The smallest absolute Gasteiger partial charge is 0.230 e. The molecule has 1 amide bonds. The number of hydrogen-bond acceptors (Lipinski definition) is 4. The van der Waals surface area contributed by atoms with Gasteiger partial charge in [0.2, 0.25) is 5.91 Å². The summed E-state index contributed by atoms with van der Waals surface area (Å²) in [5.41, 5.74) is 0.266. The topological polar surface area (TPSA) is 106 Å². The molecular weight excluding hydrogens is 267 g/mol. The minimum Gasteiger partial charge on any atom is -0.544 e. The third kappa shape index (κ3) is 5.77. The Morgan fingerprint density at radius 1 is 1.45 bits per heavy atom. The van der Waals surface area contributed by atoms with Crippen LogP contribution in [0.3, 0.4) is 0 Å². The number of quaternary nitrogens is 1. The quantitative estimate of drug-likeness (QED) is 0.491. The number of hydrogen-bond donors (Lipinski definition) is 3. The van der Waals surface area contributed by atoms with Gasteiger partial charge >= 0.3 is 0 Å². The Hall–Kier alpha value is -1.99. The van der Waals surface area contributed by atoms with Crippen LogP contribution in [-0.2, 0) is 9.59 Å². The van der Waals surface area contributed by atoms with Crippen LogP contribution >= 0.6 is 0 Å². The van der Waals surface area contributed by atoms with Crippen LogP contribution < -0.4 is 15.7 Å². The molecule has 0 spiro atoms. The zero-order valence-electron chi connectivity index (χ0n) is 10.8. The number of carboxylic acid groups (broad SMARTS) is 1. The summed E-state index contributed by atoms with van der Waals surface area (Å²) in [6.45, 7) is 0.328. The van der Waals surface area contributed by atoms with Crippen molar-refractivity contribution >= 4 is 17.6 Å². The van der Waals surface area contributed by atoms with Gasteiger partial charge in [0.1, 0.15) is 11.9 Å². The van der Waals surface area contributed by atoms with Gasteiger partial charge < -0.3 is 25.6 Å². The van der Waals surface area contributed by atoms with Gasteiger partial charge in [-0.1, -0.05) is 6.07 Å². The number of carbonyl (C=O) groups is 2. The molecule has 0 fully saturated rings. The van der Waals surface area contributed by atoms with Crippen LogP contribution in [0.2, 0.25) is 0 Å². The standard InChI is InChI=1S/C13H17FN2O4/c14-9-3-1-4-10(7-9)16-12(18)8-11(13(19)20)15-5-2-6-17/h1,3-4,7,11,15,17H,2,5-6,8H2,(H,16,18)(H,19,20)/t11-/m1/s1. The number of halogens is 1. The number of carboxylic acids is 1. The second-order valence-corrected chi connectivity index (χ2v) is 4.29. The highest BCUT2D eigenvalue weighted by molar-refractivity contribution is 5.93. The number of rotatable bonds is 8. The molecule has 0 aliphatic rings. The van der Waals surface area contributed by atoms with E-state index in [1.807, 2.05) is 0 Å². The highest BCUT2D eigenvalue weighted by Gasteiger charge is 2.18. The van der Waals surface area contributed by atoms with Crippen LogP contribution in [0, 0.1) is 5.82 Å². The molecule has 1 aromatic carbocycles. The first-order valence-corrected chi connectivity index (χ1v) is 6.23. The maximum Gasteiger partial charge on any atom is 0.230 e. The summed E-state index contributed by atoms with van der Waals surface area (Å²) in [6.07, 6.45) is 0.138. The summed E-state index contributed by atoms with van der Waals surface area (Å²) in [6, 6.07) is 4.29. The van der Waals surface area contributed by atoms with Crippen LogP contribution in [0.4, 0.5) is 10.1 Å². The molecule has 110 valence electrons. The zero-order valence-corrected chi connectivity index (χ0v) is 10.8. The van der Waals surface area contributed by atoms with Crippen molar-refractivity contribution in [1.82, 2.24) is 0 Å². The Bertz CT molecular complexity index is 467. The highest BCUT2D eigenvalue weighted by Crippen LogP contribution is 2.09. The molecule has 0 unspecified atom stereocenters. The van der Waals surface area contributed by atoms with Crippen molar-refractivity contribution in [2.45, 2.75) is 18.9 Å². The third-order valence-corrected chi connectivity index (χ3v) is 2.63. The van der Waals surface area contributed by atoms with Gasteiger partial charge in [0.05, 0.1) is 18.9 Å². The van der Waals surface area contributed by atoms with Gasteiger partial charge in [-0.05, 0) is 18.2 Å². The number of carbonyl (C=O) groups excluding carboxylic acids is 2. The first-order valence-electron chi connectivity index (χ1n) is 6.23. The second kappa shape index (κ2) is 8.23. The van der Waals surface area contributed by atoms with Crippen molar-refractivity contribution in [3.63, 3.8) is 0 Å². The monoisotopic (exact) mass is 284 g/mol. The molecule has 7 heteroatoms. The lowest BCUT2D eigenvalue weighted by molar-refractivity contribution is -0.682. The average molecular weight is 284 g/mol. The Morgan fingerprint density at radius 3 is 2.80 bits per heavy atom. The van der Waals surface area contributed by atoms with E-state index in [-0.39, 0.29) is 18.7 Å². The van der Waals surface area contributed by atoms with E-state index in [2.05, 4.69) is 5.32 Å². The lowest BCUT2D eigenvalue weighted by Gasteiger charge is -2.16. The number of nitrogens with one attached hydrogen (secondary N) is 1. The molecular formula is C13H17FN2O4. The van der Waals surface area contributed by atoms with Gasteiger partial charge in [-0.25, -0.2) is 4.39 Å². The summed E-state index contributed by atoms with van der Waals surface area (Å²) in [5, 5.41) is 23.4. The lowest BCUT2D eigenvalue weighted by Crippen LogP contribution is -2.93. The molecule has 1 aromatic rings. The molecule has 6 nitrogen and oxygen atoms in total. The molecule has 4 N–H and O–H groups in total. The summed E-state index contributed by atoms with van der Waals surface area (Å²) in [5.74, 6) is -2.38. The van der Waals surface area contributed by atoms with E-state index in [4.69, 9.17) is 5.11 Å². The van der Waals surface area contributed by atoms with Crippen molar-refractivity contribution < 1.29 is 29.5 Å². The van der Waals surface area contributed by atoms with Crippen molar-refractivity contribution in [3.05, 3.63) is 30.1 Å². The molecule has 0 aliphatic heterocycles. The number of anilines is 1. The normalized spacial score (nSPS) is 11.9. The predicted octanol–water partition coefficient (Wildman–Crippen LogP) is -1.78. The Labute approximate surface area is 115 Å². The number of aliphatic hydroxyl groups is 1. The van der Waals surface area contributed by atoms with E-state index in [0.717, 1.165) is 6.07 Å². The summed E-state index contributed by atoms with van der Waals surface area (Å²) >= 11 is 0. The van der Waals surface area contributed by atoms with Gasteiger partial charge in [0.25, 0.3) is 0 Å². The van der Waals surface area contributed by atoms with E-state index in [9.17, 15) is 19.1 Å². The van der Waals surface area contributed by atoms with Crippen LogP contribution in [0.15, 0.2) is 24.3 Å². The highest BCUT2D eigenvalue weighted by atomic mass is 19.1. The molecule has 0 saturated heterocycles. The van der Waals surface area contributed by atoms with Gasteiger partial charge in [0.15, 0.2) is 0 Å². The lowest BCUT2D eigenvalue weighted by atomic mass is 10.2. The molecule has 1 rings (SSSR count). The summed E-state index contributed by atoms with van der Waals surface area (Å²) < 4.78 is 12.9. The third-order valence-electron chi connectivity index (χ3n) is 2.63. The second-order valence-electron chi connectivity index (χ2n) is 4.29. The Balaban J connectivity index is 2.51. The number of benzene rings is 1. The molecule has 0 heterocycles. The fourth-order valence-electron chi connectivity index (χ4n) is 1.65. The fraction of sp³-hybridized carbons (Fsp3) is 0.385. The molecule has 0 radical (unpaired) electrons. The van der Waals surface area contributed by atoms with Gasteiger partial charge in [0, 0.05) is 18.7 Å². The first-order chi connectivity index (χ1) is 9.52. The number of nitrogens with two attached hydrogens (primary N) is 1. The first kappa shape index (κ1) is 16.1. The van der Waals surface area contributed by atoms with Crippen LogP contribution in [-0.4, -0.2) is 36.2 Å². The minimum atomic E-state index is -1.35. The summed E-state index contributed by atoms with van der Waals surface area (Å²) in [7, 11) is 0. The number of aliphatic hydroxyl groups excluding tert-OH is 1. The SMILES string of the molecule is O=C(C[C@@H]([NH2+]CCCO)C(=O)[O-])Nc1cccc(F)c1. The van der Waals surface area contributed by atoms with Gasteiger partial charge in [-0.3, -0.25) is 4.79 Å². The van der Waals surface area contributed by atoms with E-state index in [1.54, 1.807) is 0 Å². The number of aliphatic carboxylic acids is 1. The zero-order chi connectivity index (χ0) is 15.0. The van der Waals surface area contributed by atoms with Crippen LogP contribution in [0.5, 0.6) is 0 Å². The van der Waals surface area contributed by atoms with Crippen molar-refractivity contribution in [2.75, 3.05) is 18.5 Å². The molecule has 20 heavy (non-hydrogen) atoms. The Morgan fingerprint density at radius 2 is 2.20 bits per heavy atom. The maximum absolute atomic E-state index is 12.9. The van der Waals surface area contributed by atoms with Crippen molar-refractivity contribution in [3.8, 4) is 0 Å².